The lowest BCUT2D eigenvalue weighted by Gasteiger charge is -2.36. The van der Waals surface area contributed by atoms with Gasteiger partial charge in [0.05, 0.1) is 0 Å². The predicted molar refractivity (Wildman–Crippen MR) is 82.4 cm³/mol. The molecule has 2 rings (SSSR count). The molecule has 0 spiro atoms. The molecule has 3 unspecified atom stereocenters. The summed E-state index contributed by atoms with van der Waals surface area (Å²) in [6.45, 7) is 11.8. The molecule has 0 saturated carbocycles. The van der Waals surface area contributed by atoms with Crippen LogP contribution in [0.15, 0.2) is 30.3 Å². The summed E-state index contributed by atoms with van der Waals surface area (Å²) in [5.74, 6) is 1.48. The third-order valence-electron chi connectivity index (χ3n) is 4.08. The highest BCUT2D eigenvalue weighted by Gasteiger charge is 2.21. The van der Waals surface area contributed by atoms with Gasteiger partial charge in [-0.2, -0.15) is 0 Å². The standard InChI is InChI=1S/C17H28N2/c1-14-10-18-11-15(2)13-19(12-14)16(3)9-17-7-5-4-6-8-17/h4-8,14-16,18H,9-13H2,1-3H3. The van der Waals surface area contributed by atoms with Crippen molar-refractivity contribution in [1.82, 2.24) is 10.2 Å². The highest BCUT2D eigenvalue weighted by Crippen LogP contribution is 2.14. The minimum Gasteiger partial charge on any atom is -0.316 e. The molecule has 1 fully saturated rings. The van der Waals surface area contributed by atoms with Gasteiger partial charge in [-0.05, 0) is 43.8 Å². The molecule has 1 N–H and O–H groups in total. The first kappa shape index (κ1) is 14.5. The summed E-state index contributed by atoms with van der Waals surface area (Å²) in [5, 5.41) is 3.57. The Balaban J connectivity index is 1.96. The molecular weight excluding hydrogens is 232 g/mol. The number of nitrogens with one attached hydrogen (secondary N) is 1. The van der Waals surface area contributed by atoms with Gasteiger partial charge in [-0.3, -0.25) is 4.90 Å². The Morgan fingerprint density at radius 2 is 1.68 bits per heavy atom. The Morgan fingerprint density at radius 1 is 1.11 bits per heavy atom. The first-order valence-corrected chi connectivity index (χ1v) is 7.64. The quantitative estimate of drug-likeness (QED) is 0.899. The molecule has 0 amide bonds. The monoisotopic (exact) mass is 260 g/mol. The van der Waals surface area contributed by atoms with Crippen LogP contribution < -0.4 is 5.32 Å². The molecule has 0 radical (unpaired) electrons. The maximum atomic E-state index is 3.57. The SMILES string of the molecule is CC1CNCC(C)CN(C(C)Cc2ccccc2)C1. The van der Waals surface area contributed by atoms with Crippen molar-refractivity contribution in [2.45, 2.75) is 33.2 Å². The molecule has 0 bridgehead atoms. The van der Waals surface area contributed by atoms with Gasteiger partial charge in [-0.15, -0.1) is 0 Å². The van der Waals surface area contributed by atoms with E-state index < -0.39 is 0 Å². The normalized spacial score (nSPS) is 27.5. The fourth-order valence-corrected chi connectivity index (χ4v) is 3.02. The molecule has 1 aromatic rings. The van der Waals surface area contributed by atoms with Gasteiger partial charge in [0.2, 0.25) is 0 Å². The molecule has 19 heavy (non-hydrogen) atoms. The zero-order valence-corrected chi connectivity index (χ0v) is 12.6. The molecule has 2 heteroatoms. The van der Waals surface area contributed by atoms with Crippen molar-refractivity contribution in [1.29, 1.82) is 0 Å². The lowest BCUT2D eigenvalue weighted by atomic mass is 10.0. The van der Waals surface area contributed by atoms with Gasteiger partial charge in [-0.1, -0.05) is 44.2 Å². The highest BCUT2D eigenvalue weighted by atomic mass is 15.2. The molecule has 3 atom stereocenters. The van der Waals surface area contributed by atoms with Crippen LogP contribution in [0.3, 0.4) is 0 Å². The van der Waals surface area contributed by atoms with Crippen LogP contribution in [-0.2, 0) is 6.42 Å². The van der Waals surface area contributed by atoms with Crippen LogP contribution in [0.5, 0.6) is 0 Å². The second kappa shape index (κ2) is 7.06. The van der Waals surface area contributed by atoms with E-state index in [1.165, 1.54) is 18.7 Å². The largest absolute Gasteiger partial charge is 0.316 e. The van der Waals surface area contributed by atoms with E-state index in [0.29, 0.717) is 6.04 Å². The molecule has 0 aliphatic carbocycles. The highest BCUT2D eigenvalue weighted by molar-refractivity contribution is 5.15. The Kier molecular flexibility index (Phi) is 5.41. The van der Waals surface area contributed by atoms with Gasteiger partial charge >= 0.3 is 0 Å². The fraction of sp³-hybridized carbons (Fsp3) is 0.647. The van der Waals surface area contributed by atoms with Crippen molar-refractivity contribution < 1.29 is 0 Å². The minimum absolute atomic E-state index is 0.630. The van der Waals surface area contributed by atoms with Gasteiger partial charge in [0, 0.05) is 19.1 Å². The van der Waals surface area contributed by atoms with Crippen LogP contribution in [0.2, 0.25) is 0 Å². The zero-order valence-electron chi connectivity index (χ0n) is 12.6. The topological polar surface area (TPSA) is 15.3 Å². The minimum atomic E-state index is 0.630. The van der Waals surface area contributed by atoms with Crippen molar-refractivity contribution >= 4 is 0 Å². The van der Waals surface area contributed by atoms with Crippen LogP contribution in [0.4, 0.5) is 0 Å². The maximum Gasteiger partial charge on any atom is 0.0108 e. The van der Waals surface area contributed by atoms with E-state index in [-0.39, 0.29) is 0 Å². The Labute approximate surface area is 118 Å². The maximum absolute atomic E-state index is 3.57. The number of hydrogen-bond acceptors (Lipinski definition) is 2. The number of nitrogens with zero attached hydrogens (tertiary/aromatic N) is 1. The fourth-order valence-electron chi connectivity index (χ4n) is 3.02. The summed E-state index contributed by atoms with van der Waals surface area (Å²) in [5.41, 5.74) is 1.45. The van der Waals surface area contributed by atoms with Crippen LogP contribution >= 0.6 is 0 Å². The third kappa shape index (κ3) is 4.63. The Morgan fingerprint density at radius 3 is 2.26 bits per heavy atom. The van der Waals surface area contributed by atoms with Crippen molar-refractivity contribution in [3.8, 4) is 0 Å². The average molecular weight is 260 g/mol. The van der Waals surface area contributed by atoms with Gasteiger partial charge in [0.25, 0.3) is 0 Å². The van der Waals surface area contributed by atoms with Crippen LogP contribution in [0.25, 0.3) is 0 Å². The molecule has 1 aliphatic rings. The summed E-state index contributed by atoms with van der Waals surface area (Å²) < 4.78 is 0. The first-order chi connectivity index (χ1) is 9.15. The second-order valence-corrected chi connectivity index (χ2v) is 6.36. The van der Waals surface area contributed by atoms with Crippen molar-refractivity contribution in [2.75, 3.05) is 26.2 Å². The molecule has 2 nitrogen and oxygen atoms in total. The van der Waals surface area contributed by atoms with E-state index in [0.717, 1.165) is 31.3 Å². The van der Waals surface area contributed by atoms with Crippen molar-refractivity contribution in [2.24, 2.45) is 11.8 Å². The lowest BCUT2D eigenvalue weighted by molar-refractivity contribution is 0.141. The van der Waals surface area contributed by atoms with Gasteiger partial charge in [-0.25, -0.2) is 0 Å². The molecule has 1 aliphatic heterocycles. The van der Waals surface area contributed by atoms with Crippen LogP contribution in [-0.4, -0.2) is 37.1 Å². The molecule has 106 valence electrons. The van der Waals surface area contributed by atoms with E-state index >= 15 is 0 Å². The Bertz CT molecular complexity index is 351. The van der Waals surface area contributed by atoms with E-state index in [1.807, 2.05) is 0 Å². The molecule has 1 saturated heterocycles. The second-order valence-electron chi connectivity index (χ2n) is 6.36. The van der Waals surface area contributed by atoms with E-state index in [9.17, 15) is 0 Å². The number of hydrogen-bond donors (Lipinski definition) is 1. The van der Waals surface area contributed by atoms with Gasteiger partial charge < -0.3 is 5.32 Å². The van der Waals surface area contributed by atoms with Crippen LogP contribution in [0, 0.1) is 11.8 Å². The van der Waals surface area contributed by atoms with Crippen LogP contribution in [0.1, 0.15) is 26.3 Å². The molecular formula is C17H28N2. The number of benzene rings is 1. The average Bonchev–Trinajstić information content (AvgIpc) is 2.37. The first-order valence-electron chi connectivity index (χ1n) is 7.64. The third-order valence-corrected chi connectivity index (χ3v) is 4.08. The molecule has 1 heterocycles. The summed E-state index contributed by atoms with van der Waals surface area (Å²) in [7, 11) is 0. The zero-order chi connectivity index (χ0) is 13.7. The van der Waals surface area contributed by atoms with E-state index in [4.69, 9.17) is 0 Å². The Hall–Kier alpha value is -0.860. The smallest absolute Gasteiger partial charge is 0.0108 e. The van der Waals surface area contributed by atoms with Crippen molar-refractivity contribution in [3.63, 3.8) is 0 Å². The summed E-state index contributed by atoms with van der Waals surface area (Å²) in [6.07, 6.45) is 1.16. The van der Waals surface area contributed by atoms with Gasteiger partial charge in [0.1, 0.15) is 0 Å². The summed E-state index contributed by atoms with van der Waals surface area (Å²) in [4.78, 5) is 2.68. The van der Waals surface area contributed by atoms with E-state index in [2.05, 4.69) is 61.3 Å². The predicted octanol–water partition coefficient (Wildman–Crippen LogP) is 2.80. The molecule has 0 aromatic heterocycles. The number of rotatable bonds is 3. The lowest BCUT2D eigenvalue weighted by Crippen LogP contribution is -2.46. The summed E-state index contributed by atoms with van der Waals surface area (Å²) >= 11 is 0. The van der Waals surface area contributed by atoms with E-state index in [1.54, 1.807) is 0 Å². The summed E-state index contributed by atoms with van der Waals surface area (Å²) in [6, 6.07) is 11.5. The van der Waals surface area contributed by atoms with Gasteiger partial charge in [0.15, 0.2) is 0 Å². The molecule has 1 aromatic carbocycles. The van der Waals surface area contributed by atoms with Crippen molar-refractivity contribution in [3.05, 3.63) is 35.9 Å².